The summed E-state index contributed by atoms with van der Waals surface area (Å²) in [6.45, 7) is 8.75. The Balaban J connectivity index is 2.86. The summed E-state index contributed by atoms with van der Waals surface area (Å²) < 4.78 is 1.96. The summed E-state index contributed by atoms with van der Waals surface area (Å²) in [5, 5.41) is 0. The first-order valence-electron chi connectivity index (χ1n) is 4.38. The summed E-state index contributed by atoms with van der Waals surface area (Å²) in [4.78, 5) is 0.496. The van der Waals surface area contributed by atoms with Gasteiger partial charge in [-0.15, -0.1) is 0 Å². The van der Waals surface area contributed by atoms with Gasteiger partial charge in [0.1, 0.15) is 0 Å². The SMILES string of the molecule is CC1(C)CCC(Br)C(C)(C)N1Cl. The van der Waals surface area contributed by atoms with Crippen molar-refractivity contribution in [2.75, 3.05) is 0 Å². The molecule has 0 N–H and O–H groups in total. The second-order valence-electron chi connectivity index (χ2n) is 4.75. The summed E-state index contributed by atoms with van der Waals surface area (Å²) in [6, 6.07) is 0. The smallest absolute Gasteiger partial charge is 0.0436 e. The molecule has 0 aromatic rings. The molecule has 0 aromatic carbocycles. The van der Waals surface area contributed by atoms with Gasteiger partial charge in [0.05, 0.1) is 0 Å². The minimum absolute atomic E-state index is 0.0449. The van der Waals surface area contributed by atoms with Crippen LogP contribution in [0.25, 0.3) is 0 Å². The van der Waals surface area contributed by atoms with Gasteiger partial charge in [-0.2, -0.15) is 0 Å². The van der Waals surface area contributed by atoms with Crippen LogP contribution in [0.15, 0.2) is 0 Å². The van der Waals surface area contributed by atoms with Gasteiger partial charge in [-0.1, -0.05) is 15.9 Å². The van der Waals surface area contributed by atoms with Gasteiger partial charge in [0.2, 0.25) is 0 Å². The van der Waals surface area contributed by atoms with Crippen molar-refractivity contribution in [3.63, 3.8) is 0 Å². The highest BCUT2D eigenvalue weighted by Gasteiger charge is 2.45. The monoisotopic (exact) mass is 253 g/mol. The first-order valence-corrected chi connectivity index (χ1v) is 5.64. The lowest BCUT2D eigenvalue weighted by Gasteiger charge is -2.51. The normalized spacial score (nSPS) is 35.0. The fourth-order valence-electron chi connectivity index (χ4n) is 1.83. The van der Waals surface area contributed by atoms with E-state index in [-0.39, 0.29) is 11.1 Å². The van der Waals surface area contributed by atoms with E-state index in [9.17, 15) is 0 Å². The zero-order valence-electron chi connectivity index (χ0n) is 8.19. The van der Waals surface area contributed by atoms with E-state index in [4.69, 9.17) is 11.8 Å². The van der Waals surface area contributed by atoms with Gasteiger partial charge in [0.15, 0.2) is 0 Å². The molecule has 1 saturated heterocycles. The molecule has 0 amide bonds. The van der Waals surface area contributed by atoms with Gasteiger partial charge in [-0.3, -0.25) is 0 Å². The van der Waals surface area contributed by atoms with Gasteiger partial charge in [0.25, 0.3) is 0 Å². The molecule has 1 atom stereocenters. The Bertz CT molecular complexity index is 179. The van der Waals surface area contributed by atoms with Crippen molar-refractivity contribution in [3.05, 3.63) is 0 Å². The van der Waals surface area contributed by atoms with E-state index in [2.05, 4.69) is 43.6 Å². The number of hydrogen-bond acceptors (Lipinski definition) is 1. The van der Waals surface area contributed by atoms with Crippen LogP contribution < -0.4 is 0 Å². The van der Waals surface area contributed by atoms with Gasteiger partial charge in [0, 0.05) is 15.9 Å². The van der Waals surface area contributed by atoms with Crippen LogP contribution in [0, 0.1) is 0 Å². The minimum Gasteiger partial charge on any atom is -0.208 e. The Kier molecular flexibility index (Phi) is 2.83. The predicted molar refractivity (Wildman–Crippen MR) is 57.8 cm³/mol. The number of alkyl halides is 1. The molecule has 1 nitrogen and oxygen atoms in total. The van der Waals surface area contributed by atoms with Crippen molar-refractivity contribution in [2.45, 2.75) is 56.4 Å². The molecule has 72 valence electrons. The molecule has 0 radical (unpaired) electrons. The highest BCUT2D eigenvalue weighted by atomic mass is 79.9. The maximum absolute atomic E-state index is 6.30. The van der Waals surface area contributed by atoms with Crippen LogP contribution in [-0.4, -0.2) is 20.3 Å². The molecule has 12 heavy (non-hydrogen) atoms. The fraction of sp³-hybridized carbons (Fsp3) is 1.00. The predicted octanol–water partition coefficient (Wildman–Crippen LogP) is 3.56. The number of rotatable bonds is 0. The van der Waals surface area contributed by atoms with Crippen LogP contribution in [0.5, 0.6) is 0 Å². The lowest BCUT2D eigenvalue weighted by molar-refractivity contribution is 0.0664. The van der Waals surface area contributed by atoms with E-state index in [0.717, 1.165) is 6.42 Å². The number of piperidine rings is 1. The molecule has 1 aliphatic heterocycles. The van der Waals surface area contributed by atoms with Gasteiger partial charge in [-0.25, -0.2) is 4.42 Å². The third-order valence-corrected chi connectivity index (χ3v) is 5.29. The van der Waals surface area contributed by atoms with E-state index in [1.165, 1.54) is 6.42 Å². The first-order chi connectivity index (χ1) is 5.28. The van der Waals surface area contributed by atoms with E-state index in [1.807, 2.05) is 4.42 Å². The topological polar surface area (TPSA) is 3.24 Å². The maximum Gasteiger partial charge on any atom is 0.0436 e. The quantitative estimate of drug-likeness (QED) is 0.472. The second kappa shape index (κ2) is 3.14. The molecule has 1 unspecified atom stereocenters. The molecule has 0 aromatic heterocycles. The molecular formula is C9H17BrClN. The Labute approximate surface area is 88.7 Å². The summed E-state index contributed by atoms with van der Waals surface area (Å²) >= 11 is 9.97. The Morgan fingerprint density at radius 1 is 1.33 bits per heavy atom. The van der Waals surface area contributed by atoms with Gasteiger partial charge < -0.3 is 0 Å². The zero-order valence-corrected chi connectivity index (χ0v) is 10.5. The standard InChI is InChI=1S/C9H17BrClN/c1-8(2)6-5-7(10)9(3,4)12(8)11/h7H,5-6H2,1-4H3. The van der Waals surface area contributed by atoms with Gasteiger partial charge in [-0.05, 0) is 52.3 Å². The van der Waals surface area contributed by atoms with Crippen molar-refractivity contribution >= 4 is 27.7 Å². The van der Waals surface area contributed by atoms with Crippen molar-refractivity contribution in [1.82, 2.24) is 4.42 Å². The average molecular weight is 255 g/mol. The molecule has 1 heterocycles. The Morgan fingerprint density at radius 2 is 1.83 bits per heavy atom. The Hall–Kier alpha value is 0.730. The van der Waals surface area contributed by atoms with E-state index >= 15 is 0 Å². The first kappa shape index (κ1) is 10.8. The van der Waals surface area contributed by atoms with Gasteiger partial charge >= 0.3 is 0 Å². The summed E-state index contributed by atoms with van der Waals surface area (Å²) in [5.74, 6) is 0. The Morgan fingerprint density at radius 3 is 2.25 bits per heavy atom. The average Bonchev–Trinajstić information content (AvgIpc) is 1.96. The van der Waals surface area contributed by atoms with Crippen LogP contribution in [-0.2, 0) is 0 Å². The van der Waals surface area contributed by atoms with Crippen LogP contribution >= 0.6 is 27.7 Å². The van der Waals surface area contributed by atoms with E-state index < -0.39 is 0 Å². The molecule has 0 bridgehead atoms. The molecule has 0 aliphatic carbocycles. The number of hydrogen-bond donors (Lipinski definition) is 0. The van der Waals surface area contributed by atoms with Crippen molar-refractivity contribution < 1.29 is 0 Å². The lowest BCUT2D eigenvalue weighted by Crippen LogP contribution is -2.58. The van der Waals surface area contributed by atoms with Crippen molar-refractivity contribution in [3.8, 4) is 0 Å². The third-order valence-electron chi connectivity index (χ3n) is 2.81. The molecule has 0 spiro atoms. The summed E-state index contributed by atoms with van der Waals surface area (Å²) in [7, 11) is 0. The minimum atomic E-state index is 0.0449. The van der Waals surface area contributed by atoms with E-state index in [0.29, 0.717) is 4.83 Å². The van der Waals surface area contributed by atoms with Crippen LogP contribution in [0.3, 0.4) is 0 Å². The van der Waals surface area contributed by atoms with Crippen LogP contribution in [0.1, 0.15) is 40.5 Å². The molecular weight excluding hydrogens is 237 g/mol. The van der Waals surface area contributed by atoms with Crippen molar-refractivity contribution in [2.24, 2.45) is 0 Å². The van der Waals surface area contributed by atoms with Crippen LogP contribution in [0.2, 0.25) is 0 Å². The summed E-state index contributed by atoms with van der Waals surface area (Å²) in [5.41, 5.74) is 0.165. The highest BCUT2D eigenvalue weighted by Crippen LogP contribution is 2.42. The largest absolute Gasteiger partial charge is 0.208 e. The van der Waals surface area contributed by atoms with E-state index in [1.54, 1.807) is 0 Å². The number of nitrogens with zero attached hydrogens (tertiary/aromatic N) is 1. The molecule has 1 fully saturated rings. The summed E-state index contributed by atoms with van der Waals surface area (Å²) in [6.07, 6.45) is 2.35. The zero-order chi connectivity index (χ0) is 9.57. The van der Waals surface area contributed by atoms with Crippen molar-refractivity contribution in [1.29, 1.82) is 0 Å². The third kappa shape index (κ3) is 1.66. The molecule has 3 heteroatoms. The molecule has 0 saturated carbocycles. The maximum atomic E-state index is 6.30. The number of halogens is 2. The molecule has 1 rings (SSSR count). The lowest BCUT2D eigenvalue weighted by atomic mass is 9.83. The highest BCUT2D eigenvalue weighted by molar-refractivity contribution is 9.09. The fourth-order valence-corrected chi connectivity index (χ4v) is 2.59. The second-order valence-corrected chi connectivity index (χ2v) is 6.20. The molecule has 1 aliphatic rings. The van der Waals surface area contributed by atoms with Crippen LogP contribution in [0.4, 0.5) is 0 Å².